The normalized spacial score (nSPS) is 10.4. The van der Waals surface area contributed by atoms with Crippen molar-refractivity contribution in [1.82, 2.24) is 0 Å². The molecule has 0 radical (unpaired) electrons. The van der Waals surface area contributed by atoms with E-state index in [2.05, 4.69) is 12.6 Å². The van der Waals surface area contributed by atoms with E-state index in [0.29, 0.717) is 4.73 Å². The van der Waals surface area contributed by atoms with E-state index in [1.807, 2.05) is 0 Å². The van der Waals surface area contributed by atoms with Gasteiger partial charge in [0.1, 0.15) is 10.0 Å². The smallest absolute Gasteiger partial charge is 0.307 e. The maximum absolute atomic E-state index is 11.0. The Labute approximate surface area is 94.0 Å². The second-order valence-corrected chi connectivity index (χ2v) is 3.77. The highest BCUT2D eigenvalue weighted by molar-refractivity contribution is 7.80. The summed E-state index contributed by atoms with van der Waals surface area (Å²) in [5.41, 5.74) is 0. The number of nitrogens with zero attached hydrogens (tertiary/aromatic N) is 1. The van der Waals surface area contributed by atoms with E-state index in [4.69, 9.17) is 46.4 Å². The first-order valence-corrected chi connectivity index (χ1v) is 4.57. The van der Waals surface area contributed by atoms with Gasteiger partial charge in [0.2, 0.25) is 0 Å². The number of halogens is 4. The molecule has 0 saturated heterocycles. The van der Waals surface area contributed by atoms with Gasteiger partial charge in [0.05, 0.1) is 5.02 Å². The van der Waals surface area contributed by atoms with Gasteiger partial charge in [0, 0.05) is 0 Å². The molecule has 0 aromatic carbocycles. The first-order valence-electron chi connectivity index (χ1n) is 2.61. The van der Waals surface area contributed by atoms with E-state index in [9.17, 15) is 5.21 Å². The molecule has 2 nitrogen and oxygen atoms in total. The number of thiol groups is 1. The minimum atomic E-state index is -0.240. The zero-order valence-corrected chi connectivity index (χ0v) is 9.23. The van der Waals surface area contributed by atoms with E-state index >= 15 is 0 Å². The Balaban J connectivity index is 3.60. The minimum Gasteiger partial charge on any atom is -0.617 e. The van der Waals surface area contributed by atoms with Crippen LogP contribution >= 0.6 is 59.0 Å². The summed E-state index contributed by atoms with van der Waals surface area (Å²) in [4.78, 5) is 0. The minimum absolute atomic E-state index is 0.00981. The van der Waals surface area contributed by atoms with Gasteiger partial charge < -0.3 is 5.21 Å². The molecule has 0 unspecified atom stereocenters. The highest BCUT2D eigenvalue weighted by Gasteiger charge is 2.21. The standard InChI is InChI=1S/C5HCl4NOS/c6-1-2(7)4(9)10(11)5(12)3(1)8/h12H. The van der Waals surface area contributed by atoms with E-state index in [1.54, 1.807) is 0 Å². The molecule has 1 aromatic rings. The summed E-state index contributed by atoms with van der Waals surface area (Å²) in [6.07, 6.45) is 0. The number of pyridine rings is 1. The van der Waals surface area contributed by atoms with Crippen LogP contribution in [-0.4, -0.2) is 0 Å². The monoisotopic (exact) mass is 263 g/mol. The molecule has 0 aliphatic carbocycles. The molecule has 0 aliphatic heterocycles. The van der Waals surface area contributed by atoms with Crippen LogP contribution in [-0.2, 0) is 0 Å². The lowest BCUT2D eigenvalue weighted by Gasteiger charge is -2.06. The second kappa shape index (κ2) is 3.68. The highest BCUT2D eigenvalue weighted by atomic mass is 35.5. The maximum Gasteiger partial charge on any atom is 0.307 e. The van der Waals surface area contributed by atoms with Gasteiger partial charge in [0.15, 0.2) is 0 Å². The first kappa shape index (κ1) is 10.5. The zero-order chi connectivity index (χ0) is 9.46. The van der Waals surface area contributed by atoms with E-state index in [1.165, 1.54) is 0 Å². The van der Waals surface area contributed by atoms with Gasteiger partial charge in [-0.1, -0.05) is 47.4 Å². The fourth-order valence-electron chi connectivity index (χ4n) is 0.556. The van der Waals surface area contributed by atoms with Gasteiger partial charge in [-0.25, -0.2) is 0 Å². The molecule has 66 valence electrons. The lowest BCUT2D eigenvalue weighted by molar-refractivity contribution is -0.642. The van der Waals surface area contributed by atoms with Crippen molar-refractivity contribution in [3.8, 4) is 0 Å². The van der Waals surface area contributed by atoms with Crippen LogP contribution in [0.3, 0.4) is 0 Å². The van der Waals surface area contributed by atoms with E-state index < -0.39 is 0 Å². The fourth-order valence-corrected chi connectivity index (χ4v) is 1.69. The number of hydrogen-bond donors (Lipinski definition) is 1. The van der Waals surface area contributed by atoms with Crippen LogP contribution in [0.4, 0.5) is 0 Å². The Kier molecular flexibility index (Phi) is 3.23. The van der Waals surface area contributed by atoms with E-state index in [0.717, 1.165) is 0 Å². The average molecular weight is 265 g/mol. The molecule has 0 fully saturated rings. The first-order chi connectivity index (χ1) is 5.46. The van der Waals surface area contributed by atoms with Crippen molar-refractivity contribution in [2.75, 3.05) is 0 Å². The van der Waals surface area contributed by atoms with Crippen molar-refractivity contribution in [3.05, 3.63) is 25.4 Å². The molecule has 0 N–H and O–H groups in total. The topological polar surface area (TPSA) is 26.9 Å². The number of rotatable bonds is 0. The summed E-state index contributed by atoms with van der Waals surface area (Å²) in [5, 5.41) is 10.7. The van der Waals surface area contributed by atoms with Crippen LogP contribution < -0.4 is 4.73 Å². The number of aromatic nitrogens is 1. The Morgan fingerprint density at radius 1 is 1.00 bits per heavy atom. The zero-order valence-electron chi connectivity index (χ0n) is 5.31. The van der Waals surface area contributed by atoms with Crippen LogP contribution in [0.5, 0.6) is 0 Å². The molecule has 1 heterocycles. The lowest BCUT2D eigenvalue weighted by Crippen LogP contribution is -2.30. The van der Waals surface area contributed by atoms with Crippen LogP contribution in [0.1, 0.15) is 0 Å². The van der Waals surface area contributed by atoms with Gasteiger partial charge >= 0.3 is 5.15 Å². The average Bonchev–Trinajstić information content (AvgIpc) is 2.08. The molecule has 0 aliphatic rings. The second-order valence-electron chi connectivity index (χ2n) is 1.85. The third-order valence-electron chi connectivity index (χ3n) is 1.13. The molecular formula is C5HCl4NOS. The molecule has 1 aromatic heterocycles. The van der Waals surface area contributed by atoms with Crippen molar-refractivity contribution >= 4 is 59.0 Å². The largest absolute Gasteiger partial charge is 0.617 e. The van der Waals surface area contributed by atoms with Gasteiger partial charge in [-0.15, -0.1) is 4.73 Å². The predicted molar refractivity (Wildman–Crippen MR) is 52.7 cm³/mol. The molecule has 0 bridgehead atoms. The third-order valence-corrected chi connectivity index (χ3v) is 3.42. The summed E-state index contributed by atoms with van der Waals surface area (Å²) in [5.74, 6) is 0. The SMILES string of the molecule is [O-][n+]1c(S)c(Cl)c(Cl)c(Cl)c1Cl. The number of hydrogen-bond acceptors (Lipinski definition) is 2. The van der Waals surface area contributed by atoms with Gasteiger partial charge in [0.25, 0.3) is 5.03 Å². The Morgan fingerprint density at radius 2 is 1.50 bits per heavy atom. The van der Waals surface area contributed by atoms with Gasteiger partial charge in [-0.3, -0.25) is 0 Å². The third kappa shape index (κ3) is 1.56. The summed E-state index contributed by atoms with van der Waals surface area (Å²) >= 11 is 26.0. The molecule has 0 atom stereocenters. The Morgan fingerprint density at radius 3 is 2.00 bits per heavy atom. The van der Waals surface area contributed by atoms with Gasteiger partial charge in [-0.2, -0.15) is 0 Å². The summed E-state index contributed by atoms with van der Waals surface area (Å²) in [6.45, 7) is 0. The Bertz CT molecular complexity index is 238. The molecule has 12 heavy (non-hydrogen) atoms. The quantitative estimate of drug-likeness (QED) is 0.331. The van der Waals surface area contributed by atoms with Crippen LogP contribution in [0.15, 0.2) is 5.03 Å². The summed E-state index contributed by atoms with van der Waals surface area (Å²) < 4.78 is 0.293. The predicted octanol–water partition coefficient (Wildman–Crippen LogP) is 3.22. The van der Waals surface area contributed by atoms with Crippen LogP contribution in [0.2, 0.25) is 20.2 Å². The van der Waals surface area contributed by atoms with E-state index in [-0.39, 0.29) is 25.2 Å². The fraction of sp³-hybridized carbons (Fsp3) is 0. The van der Waals surface area contributed by atoms with Crippen LogP contribution in [0.25, 0.3) is 0 Å². The van der Waals surface area contributed by atoms with Crippen molar-refractivity contribution in [3.63, 3.8) is 0 Å². The lowest BCUT2D eigenvalue weighted by atomic mass is 10.5. The maximum atomic E-state index is 11.0. The van der Waals surface area contributed by atoms with Crippen molar-refractivity contribution in [2.45, 2.75) is 5.03 Å². The summed E-state index contributed by atoms with van der Waals surface area (Å²) in [6, 6.07) is 0. The molecular weight excluding hydrogens is 264 g/mol. The van der Waals surface area contributed by atoms with Crippen molar-refractivity contribution in [1.29, 1.82) is 0 Å². The summed E-state index contributed by atoms with van der Waals surface area (Å²) in [7, 11) is 0. The molecule has 0 amide bonds. The molecule has 7 heteroatoms. The Hall–Kier alpha value is 0.460. The van der Waals surface area contributed by atoms with Crippen molar-refractivity contribution in [2.24, 2.45) is 0 Å². The van der Waals surface area contributed by atoms with Gasteiger partial charge in [-0.05, 0) is 11.6 Å². The molecule has 0 spiro atoms. The van der Waals surface area contributed by atoms with Crippen molar-refractivity contribution < 1.29 is 4.73 Å². The van der Waals surface area contributed by atoms with Crippen LogP contribution in [0, 0.1) is 5.21 Å². The molecule has 1 rings (SSSR count). The molecule has 0 saturated carbocycles. The highest BCUT2D eigenvalue weighted by Crippen LogP contribution is 2.35.